The van der Waals surface area contributed by atoms with Gasteiger partial charge in [-0.2, -0.15) is 13.2 Å². The molecule has 2 rings (SSSR count). The van der Waals surface area contributed by atoms with Gasteiger partial charge < -0.3 is 5.11 Å². The van der Waals surface area contributed by atoms with E-state index in [9.17, 15) is 18.3 Å². The summed E-state index contributed by atoms with van der Waals surface area (Å²) in [5.74, 6) is 0.465. The van der Waals surface area contributed by atoms with Crippen LogP contribution in [0.15, 0.2) is 30.3 Å². The van der Waals surface area contributed by atoms with Crippen LogP contribution in [0.25, 0.3) is 0 Å². The fraction of sp³-hybridized carbons (Fsp3) is 0.571. The van der Waals surface area contributed by atoms with E-state index in [-0.39, 0.29) is 18.8 Å². The van der Waals surface area contributed by atoms with Crippen molar-refractivity contribution in [1.82, 2.24) is 0 Å². The molecule has 1 nitrogen and oxygen atoms in total. The van der Waals surface area contributed by atoms with Crippen molar-refractivity contribution >= 4 is 0 Å². The van der Waals surface area contributed by atoms with Gasteiger partial charge >= 0.3 is 6.18 Å². The Labute approximate surface area is 105 Å². The van der Waals surface area contributed by atoms with Crippen LogP contribution in [0.5, 0.6) is 0 Å². The Morgan fingerprint density at radius 1 is 1.22 bits per heavy atom. The minimum Gasteiger partial charge on any atom is -0.393 e. The SMILES string of the molecule is OC(CCCC(F)(F)F)C1CC1c1ccccc1. The van der Waals surface area contributed by atoms with Crippen LogP contribution in [-0.2, 0) is 0 Å². The van der Waals surface area contributed by atoms with Gasteiger partial charge in [0.25, 0.3) is 0 Å². The highest BCUT2D eigenvalue weighted by molar-refractivity contribution is 5.26. The van der Waals surface area contributed by atoms with Crippen molar-refractivity contribution in [2.45, 2.75) is 43.9 Å². The molecule has 1 N–H and O–H groups in total. The van der Waals surface area contributed by atoms with Crippen LogP contribution in [0.3, 0.4) is 0 Å². The maximum absolute atomic E-state index is 12.0. The number of aliphatic hydroxyl groups is 1. The van der Waals surface area contributed by atoms with Crippen LogP contribution in [-0.4, -0.2) is 17.4 Å². The first-order valence-electron chi connectivity index (χ1n) is 6.27. The van der Waals surface area contributed by atoms with Crippen molar-refractivity contribution in [1.29, 1.82) is 0 Å². The van der Waals surface area contributed by atoms with Crippen LogP contribution >= 0.6 is 0 Å². The molecule has 0 spiro atoms. The number of hydrogen-bond donors (Lipinski definition) is 1. The average Bonchev–Trinajstić information content (AvgIpc) is 3.08. The molecule has 0 bridgehead atoms. The van der Waals surface area contributed by atoms with Gasteiger partial charge in [-0.3, -0.25) is 0 Å². The van der Waals surface area contributed by atoms with Gasteiger partial charge in [0.05, 0.1) is 6.10 Å². The lowest BCUT2D eigenvalue weighted by Gasteiger charge is -2.11. The summed E-state index contributed by atoms with van der Waals surface area (Å²) in [5, 5.41) is 9.85. The second-order valence-corrected chi connectivity index (χ2v) is 4.99. The molecule has 0 amide bonds. The zero-order valence-corrected chi connectivity index (χ0v) is 10.0. The quantitative estimate of drug-likeness (QED) is 0.849. The molecule has 1 saturated carbocycles. The van der Waals surface area contributed by atoms with Gasteiger partial charge in [-0.1, -0.05) is 30.3 Å². The number of aliphatic hydroxyl groups excluding tert-OH is 1. The molecule has 0 aliphatic heterocycles. The average molecular weight is 258 g/mol. The third kappa shape index (κ3) is 3.73. The smallest absolute Gasteiger partial charge is 0.389 e. The summed E-state index contributed by atoms with van der Waals surface area (Å²) in [6.45, 7) is 0. The Balaban J connectivity index is 1.74. The molecule has 3 unspecified atom stereocenters. The van der Waals surface area contributed by atoms with Crippen molar-refractivity contribution in [3.8, 4) is 0 Å². The van der Waals surface area contributed by atoms with Crippen LogP contribution in [0.1, 0.15) is 37.2 Å². The molecule has 0 aromatic heterocycles. The number of alkyl halides is 3. The van der Waals surface area contributed by atoms with Gasteiger partial charge in [0.1, 0.15) is 0 Å². The largest absolute Gasteiger partial charge is 0.393 e. The summed E-state index contributed by atoms with van der Waals surface area (Å²) in [4.78, 5) is 0. The molecule has 0 heterocycles. The van der Waals surface area contributed by atoms with Crippen molar-refractivity contribution in [2.24, 2.45) is 5.92 Å². The van der Waals surface area contributed by atoms with Crippen LogP contribution < -0.4 is 0 Å². The van der Waals surface area contributed by atoms with E-state index in [4.69, 9.17) is 0 Å². The molecule has 0 saturated heterocycles. The predicted molar refractivity (Wildman–Crippen MR) is 63.2 cm³/mol. The van der Waals surface area contributed by atoms with Gasteiger partial charge in [-0.05, 0) is 36.7 Å². The third-order valence-corrected chi connectivity index (χ3v) is 3.52. The Hall–Kier alpha value is -1.03. The first-order valence-corrected chi connectivity index (χ1v) is 6.27. The highest BCUT2D eigenvalue weighted by Crippen LogP contribution is 2.50. The van der Waals surface area contributed by atoms with Crippen LogP contribution in [0.4, 0.5) is 13.2 Å². The fourth-order valence-corrected chi connectivity index (χ4v) is 2.45. The van der Waals surface area contributed by atoms with E-state index in [0.717, 1.165) is 6.42 Å². The van der Waals surface area contributed by atoms with Crippen molar-refractivity contribution in [2.75, 3.05) is 0 Å². The number of benzene rings is 1. The van der Waals surface area contributed by atoms with Crippen molar-refractivity contribution in [3.05, 3.63) is 35.9 Å². The van der Waals surface area contributed by atoms with Gasteiger partial charge in [-0.15, -0.1) is 0 Å². The highest BCUT2D eigenvalue weighted by Gasteiger charge is 2.43. The molecular weight excluding hydrogens is 241 g/mol. The minimum absolute atomic E-state index is 0.0165. The Morgan fingerprint density at radius 3 is 2.50 bits per heavy atom. The second-order valence-electron chi connectivity index (χ2n) is 4.99. The molecule has 18 heavy (non-hydrogen) atoms. The van der Waals surface area contributed by atoms with Gasteiger partial charge in [-0.25, -0.2) is 0 Å². The van der Waals surface area contributed by atoms with Gasteiger partial charge in [0.2, 0.25) is 0 Å². The van der Waals surface area contributed by atoms with Crippen molar-refractivity contribution < 1.29 is 18.3 Å². The lowest BCUT2D eigenvalue weighted by molar-refractivity contribution is -0.136. The Kier molecular flexibility index (Phi) is 3.95. The van der Waals surface area contributed by atoms with Gasteiger partial charge in [0.15, 0.2) is 0 Å². The van der Waals surface area contributed by atoms with Gasteiger partial charge in [0, 0.05) is 6.42 Å². The maximum Gasteiger partial charge on any atom is 0.389 e. The van der Waals surface area contributed by atoms with E-state index >= 15 is 0 Å². The highest BCUT2D eigenvalue weighted by atomic mass is 19.4. The number of hydrogen-bond acceptors (Lipinski definition) is 1. The Bertz CT molecular complexity index is 374. The summed E-state index contributed by atoms with van der Waals surface area (Å²) in [6.07, 6.45) is -4.36. The van der Waals surface area contributed by atoms with E-state index in [1.165, 1.54) is 5.56 Å². The Morgan fingerprint density at radius 2 is 1.89 bits per heavy atom. The summed E-state index contributed by atoms with van der Waals surface area (Å²) in [5.41, 5.74) is 1.18. The predicted octanol–water partition coefficient (Wildman–Crippen LogP) is 3.88. The zero-order chi connectivity index (χ0) is 13.2. The lowest BCUT2D eigenvalue weighted by Crippen LogP contribution is -2.13. The van der Waals surface area contributed by atoms with E-state index in [2.05, 4.69) is 0 Å². The molecule has 4 heteroatoms. The molecular formula is C14H17F3O. The topological polar surface area (TPSA) is 20.2 Å². The summed E-state index contributed by atoms with van der Waals surface area (Å²) >= 11 is 0. The molecule has 3 atom stereocenters. The summed E-state index contributed by atoms with van der Waals surface area (Å²) < 4.78 is 35.9. The zero-order valence-electron chi connectivity index (χ0n) is 10.0. The normalized spacial score (nSPS) is 24.9. The fourth-order valence-electron chi connectivity index (χ4n) is 2.45. The second kappa shape index (κ2) is 5.31. The molecule has 1 fully saturated rings. The first kappa shape index (κ1) is 13.4. The molecule has 0 radical (unpaired) electrons. The summed E-state index contributed by atoms with van der Waals surface area (Å²) in [7, 11) is 0. The standard InChI is InChI=1S/C14H17F3O/c15-14(16,17)8-4-7-13(18)12-9-11(12)10-5-2-1-3-6-10/h1-3,5-6,11-13,18H,4,7-9H2. The maximum atomic E-state index is 12.0. The molecule has 100 valence electrons. The number of halogens is 3. The van der Waals surface area contributed by atoms with E-state index < -0.39 is 18.7 Å². The molecule has 1 aromatic carbocycles. The van der Waals surface area contributed by atoms with Crippen LogP contribution in [0, 0.1) is 5.92 Å². The lowest BCUT2D eigenvalue weighted by atomic mass is 10.0. The summed E-state index contributed by atoms with van der Waals surface area (Å²) in [6, 6.07) is 9.84. The monoisotopic (exact) mass is 258 g/mol. The van der Waals surface area contributed by atoms with Crippen LogP contribution in [0.2, 0.25) is 0 Å². The third-order valence-electron chi connectivity index (χ3n) is 3.52. The molecule has 1 aliphatic rings. The van der Waals surface area contributed by atoms with E-state index in [1.807, 2.05) is 30.3 Å². The molecule has 1 aliphatic carbocycles. The van der Waals surface area contributed by atoms with E-state index in [0.29, 0.717) is 5.92 Å². The number of rotatable bonds is 5. The van der Waals surface area contributed by atoms with Crippen molar-refractivity contribution in [3.63, 3.8) is 0 Å². The van der Waals surface area contributed by atoms with E-state index in [1.54, 1.807) is 0 Å². The minimum atomic E-state index is -4.11. The first-order chi connectivity index (χ1) is 8.47. The molecule has 1 aromatic rings.